The largest absolute Gasteiger partial charge is 0.355 e. The van der Waals surface area contributed by atoms with E-state index in [-0.39, 0.29) is 5.91 Å². The first-order valence-electron chi connectivity index (χ1n) is 4.63. The Bertz CT molecular complexity index is 133. The molecule has 0 atom stereocenters. The van der Waals surface area contributed by atoms with Gasteiger partial charge in [0.05, 0.1) is 5.75 Å². The first kappa shape index (κ1) is 13.3. The van der Waals surface area contributed by atoms with Crippen molar-refractivity contribution in [3.05, 3.63) is 0 Å². The number of rotatable bonds is 8. The van der Waals surface area contributed by atoms with Crippen LogP contribution in [0.1, 0.15) is 25.7 Å². The second-order valence-electron chi connectivity index (χ2n) is 2.89. The zero-order chi connectivity index (χ0) is 9.94. The molecule has 0 unspecified atom stereocenters. The third-order valence-electron chi connectivity index (χ3n) is 1.66. The quantitative estimate of drug-likeness (QED) is 0.541. The second kappa shape index (κ2) is 10.4. The molecule has 13 heavy (non-hydrogen) atoms. The molecule has 4 heteroatoms. The average molecular weight is 268 g/mol. The molecule has 0 rings (SSSR count). The Morgan fingerprint density at radius 1 is 1.31 bits per heavy atom. The molecular formula is C9H18BrNOS. The first-order chi connectivity index (χ1) is 6.31. The lowest BCUT2D eigenvalue weighted by atomic mass is 10.2. The first-order valence-corrected chi connectivity index (χ1v) is 7.14. The Balaban J connectivity index is 3.02. The fourth-order valence-electron chi connectivity index (χ4n) is 0.983. The van der Waals surface area contributed by atoms with Crippen molar-refractivity contribution in [2.24, 2.45) is 0 Å². The maximum atomic E-state index is 11.0. The lowest BCUT2D eigenvalue weighted by Gasteiger charge is -2.03. The Morgan fingerprint density at radius 3 is 2.62 bits per heavy atom. The summed E-state index contributed by atoms with van der Waals surface area (Å²) in [5.74, 6) is 0.745. The van der Waals surface area contributed by atoms with Gasteiger partial charge in [-0.25, -0.2) is 0 Å². The molecule has 0 aromatic rings. The molecule has 0 aliphatic carbocycles. The van der Waals surface area contributed by atoms with Crippen LogP contribution in [0.5, 0.6) is 0 Å². The molecule has 1 amide bonds. The van der Waals surface area contributed by atoms with Crippen molar-refractivity contribution in [1.29, 1.82) is 0 Å². The van der Waals surface area contributed by atoms with Crippen LogP contribution >= 0.6 is 27.7 Å². The van der Waals surface area contributed by atoms with Gasteiger partial charge in [0.15, 0.2) is 0 Å². The van der Waals surface area contributed by atoms with E-state index in [1.807, 2.05) is 6.26 Å². The predicted molar refractivity (Wildman–Crippen MR) is 63.7 cm³/mol. The third kappa shape index (κ3) is 10.2. The van der Waals surface area contributed by atoms with Gasteiger partial charge in [-0.05, 0) is 19.1 Å². The zero-order valence-electron chi connectivity index (χ0n) is 8.14. The van der Waals surface area contributed by atoms with E-state index in [0.29, 0.717) is 5.75 Å². The summed E-state index contributed by atoms with van der Waals surface area (Å²) in [4.78, 5) is 11.0. The molecule has 0 saturated heterocycles. The minimum atomic E-state index is 0.160. The second-order valence-corrected chi connectivity index (χ2v) is 4.55. The van der Waals surface area contributed by atoms with Gasteiger partial charge in [0, 0.05) is 11.9 Å². The van der Waals surface area contributed by atoms with E-state index in [2.05, 4.69) is 21.2 Å². The summed E-state index contributed by atoms with van der Waals surface area (Å²) in [5, 5.41) is 3.98. The maximum Gasteiger partial charge on any atom is 0.229 e. The molecule has 0 aliphatic heterocycles. The van der Waals surface area contributed by atoms with E-state index >= 15 is 0 Å². The lowest BCUT2D eigenvalue weighted by Crippen LogP contribution is -2.25. The highest BCUT2D eigenvalue weighted by Crippen LogP contribution is 2.00. The van der Waals surface area contributed by atoms with Gasteiger partial charge in [-0.15, -0.1) is 0 Å². The van der Waals surface area contributed by atoms with Crippen LogP contribution in [0.2, 0.25) is 0 Å². The molecule has 78 valence electrons. The van der Waals surface area contributed by atoms with Gasteiger partial charge in [-0.3, -0.25) is 4.79 Å². The van der Waals surface area contributed by atoms with Crippen molar-refractivity contribution in [2.75, 3.05) is 23.9 Å². The molecule has 0 radical (unpaired) electrons. The zero-order valence-corrected chi connectivity index (χ0v) is 10.5. The summed E-state index contributed by atoms with van der Waals surface area (Å²) >= 11 is 4.95. The monoisotopic (exact) mass is 267 g/mol. The van der Waals surface area contributed by atoms with Gasteiger partial charge >= 0.3 is 0 Å². The molecule has 0 bridgehead atoms. The van der Waals surface area contributed by atoms with Crippen LogP contribution in [-0.4, -0.2) is 29.8 Å². The van der Waals surface area contributed by atoms with E-state index in [0.717, 1.165) is 18.3 Å². The van der Waals surface area contributed by atoms with Gasteiger partial charge in [0.2, 0.25) is 5.91 Å². The smallest absolute Gasteiger partial charge is 0.229 e. The third-order valence-corrected chi connectivity index (χ3v) is 2.77. The van der Waals surface area contributed by atoms with Crippen LogP contribution in [0, 0.1) is 0 Å². The topological polar surface area (TPSA) is 29.1 Å². The van der Waals surface area contributed by atoms with E-state index in [4.69, 9.17) is 0 Å². The van der Waals surface area contributed by atoms with Crippen molar-refractivity contribution in [2.45, 2.75) is 25.7 Å². The van der Waals surface area contributed by atoms with E-state index in [1.54, 1.807) is 11.8 Å². The fraction of sp³-hybridized carbons (Fsp3) is 0.889. The number of nitrogens with one attached hydrogen (secondary N) is 1. The molecule has 0 heterocycles. The number of thioether (sulfide) groups is 1. The molecule has 0 saturated carbocycles. The number of hydrogen-bond acceptors (Lipinski definition) is 2. The molecule has 0 spiro atoms. The summed E-state index contributed by atoms with van der Waals surface area (Å²) < 4.78 is 0. The minimum absolute atomic E-state index is 0.160. The summed E-state index contributed by atoms with van der Waals surface area (Å²) in [5.41, 5.74) is 0. The van der Waals surface area contributed by atoms with E-state index in [9.17, 15) is 4.79 Å². The van der Waals surface area contributed by atoms with Crippen molar-refractivity contribution in [3.8, 4) is 0 Å². The SMILES string of the molecule is CSCC(=O)NCCCCCCBr. The number of unbranched alkanes of at least 4 members (excludes halogenated alkanes) is 3. The van der Waals surface area contributed by atoms with Gasteiger partial charge in [0.1, 0.15) is 0 Å². The van der Waals surface area contributed by atoms with Crippen LogP contribution in [-0.2, 0) is 4.79 Å². The van der Waals surface area contributed by atoms with Gasteiger partial charge in [-0.2, -0.15) is 11.8 Å². The number of hydrogen-bond donors (Lipinski definition) is 1. The molecule has 0 fully saturated rings. The van der Waals surface area contributed by atoms with Crippen LogP contribution in [0.25, 0.3) is 0 Å². The van der Waals surface area contributed by atoms with Crippen LogP contribution in [0.3, 0.4) is 0 Å². The number of carbonyl (C=O) groups excluding carboxylic acids is 1. The molecular weight excluding hydrogens is 250 g/mol. The standard InChI is InChI=1S/C9H18BrNOS/c1-13-8-9(12)11-7-5-3-2-4-6-10/h2-8H2,1H3,(H,11,12). The Kier molecular flexibility index (Phi) is 10.6. The molecule has 2 nitrogen and oxygen atoms in total. The summed E-state index contributed by atoms with van der Waals surface area (Å²) in [7, 11) is 0. The highest BCUT2D eigenvalue weighted by Gasteiger charge is 1.97. The van der Waals surface area contributed by atoms with Gasteiger partial charge in [-0.1, -0.05) is 28.8 Å². The van der Waals surface area contributed by atoms with Crippen LogP contribution in [0.4, 0.5) is 0 Å². The number of carbonyl (C=O) groups is 1. The Labute approximate surface area is 93.4 Å². The number of amides is 1. The van der Waals surface area contributed by atoms with Crippen LogP contribution in [0.15, 0.2) is 0 Å². The van der Waals surface area contributed by atoms with Crippen molar-refractivity contribution >= 4 is 33.6 Å². The number of halogens is 1. The molecule has 1 N–H and O–H groups in total. The van der Waals surface area contributed by atoms with Gasteiger partial charge in [0.25, 0.3) is 0 Å². The van der Waals surface area contributed by atoms with E-state index < -0.39 is 0 Å². The lowest BCUT2D eigenvalue weighted by molar-refractivity contribution is -0.118. The molecule has 0 aromatic carbocycles. The van der Waals surface area contributed by atoms with Crippen LogP contribution < -0.4 is 5.32 Å². The summed E-state index contributed by atoms with van der Waals surface area (Å²) in [6.45, 7) is 0.835. The maximum absolute atomic E-state index is 11.0. The highest BCUT2D eigenvalue weighted by atomic mass is 79.9. The number of alkyl halides is 1. The summed E-state index contributed by atoms with van der Waals surface area (Å²) in [6, 6.07) is 0. The van der Waals surface area contributed by atoms with E-state index in [1.165, 1.54) is 19.3 Å². The predicted octanol–water partition coefficient (Wildman–Crippen LogP) is 2.42. The molecule has 0 aliphatic rings. The van der Waals surface area contributed by atoms with Crippen molar-refractivity contribution in [3.63, 3.8) is 0 Å². The van der Waals surface area contributed by atoms with Gasteiger partial charge < -0.3 is 5.32 Å². The summed E-state index contributed by atoms with van der Waals surface area (Å²) in [6.07, 6.45) is 6.75. The van der Waals surface area contributed by atoms with Crippen molar-refractivity contribution < 1.29 is 4.79 Å². The normalized spacial score (nSPS) is 10.0. The average Bonchev–Trinajstić information content (AvgIpc) is 2.11. The fourth-order valence-corrected chi connectivity index (χ4v) is 1.74. The highest BCUT2D eigenvalue weighted by molar-refractivity contribution is 9.09. The van der Waals surface area contributed by atoms with Crippen molar-refractivity contribution in [1.82, 2.24) is 5.32 Å². The Hall–Kier alpha value is 0.300. The Morgan fingerprint density at radius 2 is 2.00 bits per heavy atom. The molecule has 0 aromatic heterocycles. The minimum Gasteiger partial charge on any atom is -0.355 e.